The average molecular weight is 248 g/mol. The first-order valence-electron chi connectivity index (χ1n) is 7.31. The normalized spacial score (nSPS) is 12.4. The molecule has 1 atom stereocenters. The molecule has 0 saturated heterocycles. The lowest BCUT2D eigenvalue weighted by Gasteiger charge is -2.28. The number of nitrogens with zero attached hydrogens (tertiary/aromatic N) is 1. The lowest BCUT2D eigenvalue weighted by Crippen LogP contribution is -2.27. The molecule has 0 fully saturated rings. The van der Waals surface area contributed by atoms with E-state index in [1.54, 1.807) is 0 Å². The van der Waals surface area contributed by atoms with Crippen LogP contribution in [0.25, 0.3) is 0 Å². The minimum absolute atomic E-state index is 0.418. The van der Waals surface area contributed by atoms with Crippen LogP contribution in [-0.4, -0.2) is 19.6 Å². The fourth-order valence-corrected chi connectivity index (χ4v) is 2.36. The van der Waals surface area contributed by atoms with E-state index in [1.807, 2.05) is 0 Å². The molecule has 0 saturated carbocycles. The minimum atomic E-state index is 0.418. The zero-order valence-electron chi connectivity index (χ0n) is 12.4. The second kappa shape index (κ2) is 8.15. The Morgan fingerprint density at radius 1 is 1.17 bits per heavy atom. The third kappa shape index (κ3) is 4.02. The van der Waals surface area contributed by atoms with Crippen molar-refractivity contribution < 1.29 is 0 Å². The summed E-state index contributed by atoms with van der Waals surface area (Å²) in [7, 11) is 0. The van der Waals surface area contributed by atoms with Gasteiger partial charge < -0.3 is 10.2 Å². The molecule has 0 aromatic heterocycles. The van der Waals surface area contributed by atoms with E-state index in [0.29, 0.717) is 6.04 Å². The van der Waals surface area contributed by atoms with Gasteiger partial charge in [-0.3, -0.25) is 0 Å². The molecule has 0 spiro atoms. The molecular formula is C16H28N2. The summed E-state index contributed by atoms with van der Waals surface area (Å²) in [6.07, 6.45) is 2.51. The first kappa shape index (κ1) is 15.0. The number of anilines is 1. The number of rotatable bonds is 8. The number of unbranched alkanes of at least 4 members (excludes halogenated alkanes) is 1. The Kier molecular flexibility index (Phi) is 6.81. The van der Waals surface area contributed by atoms with Crippen molar-refractivity contribution in [3.63, 3.8) is 0 Å². The Balaban J connectivity index is 2.91. The van der Waals surface area contributed by atoms with Crippen LogP contribution in [0.2, 0.25) is 0 Å². The Morgan fingerprint density at radius 3 is 2.50 bits per heavy atom. The lowest BCUT2D eigenvalue weighted by molar-refractivity contribution is 0.594. The van der Waals surface area contributed by atoms with Gasteiger partial charge in [-0.15, -0.1) is 0 Å². The topological polar surface area (TPSA) is 15.3 Å². The van der Waals surface area contributed by atoms with Gasteiger partial charge in [0.15, 0.2) is 0 Å². The van der Waals surface area contributed by atoms with E-state index in [1.165, 1.54) is 24.1 Å². The van der Waals surface area contributed by atoms with Gasteiger partial charge in [-0.2, -0.15) is 0 Å². The van der Waals surface area contributed by atoms with Crippen LogP contribution in [0.3, 0.4) is 0 Å². The smallest absolute Gasteiger partial charge is 0.0414 e. The molecule has 1 aromatic carbocycles. The summed E-state index contributed by atoms with van der Waals surface area (Å²) in [6.45, 7) is 12.1. The number of benzene rings is 1. The minimum Gasteiger partial charge on any atom is -0.372 e. The largest absolute Gasteiger partial charge is 0.372 e. The fraction of sp³-hybridized carbons (Fsp3) is 0.625. The highest BCUT2D eigenvalue weighted by molar-refractivity contribution is 5.54. The van der Waals surface area contributed by atoms with E-state index >= 15 is 0 Å². The number of nitrogens with one attached hydrogen (secondary N) is 1. The van der Waals surface area contributed by atoms with Gasteiger partial charge in [-0.05, 0) is 38.4 Å². The van der Waals surface area contributed by atoms with Crippen molar-refractivity contribution in [1.82, 2.24) is 5.32 Å². The molecule has 0 radical (unpaired) electrons. The van der Waals surface area contributed by atoms with Gasteiger partial charge >= 0.3 is 0 Å². The molecule has 102 valence electrons. The van der Waals surface area contributed by atoms with Crippen molar-refractivity contribution in [2.45, 2.75) is 46.6 Å². The van der Waals surface area contributed by atoms with Crippen LogP contribution < -0.4 is 10.2 Å². The molecule has 0 aliphatic heterocycles. The van der Waals surface area contributed by atoms with Crippen LogP contribution in [0.5, 0.6) is 0 Å². The highest BCUT2D eigenvalue weighted by Gasteiger charge is 2.13. The molecule has 0 aliphatic rings. The fourth-order valence-electron chi connectivity index (χ4n) is 2.36. The molecule has 1 aromatic rings. The Hall–Kier alpha value is -1.02. The second-order valence-corrected chi connectivity index (χ2v) is 4.77. The van der Waals surface area contributed by atoms with Crippen molar-refractivity contribution in [1.29, 1.82) is 0 Å². The van der Waals surface area contributed by atoms with Gasteiger partial charge in [-0.25, -0.2) is 0 Å². The number of para-hydroxylation sites is 1. The summed E-state index contributed by atoms with van der Waals surface area (Å²) in [6, 6.07) is 9.20. The van der Waals surface area contributed by atoms with Gasteiger partial charge in [0.25, 0.3) is 0 Å². The predicted molar refractivity (Wildman–Crippen MR) is 81.3 cm³/mol. The molecule has 1 rings (SSSR count). The zero-order chi connectivity index (χ0) is 13.4. The van der Waals surface area contributed by atoms with E-state index in [4.69, 9.17) is 0 Å². The van der Waals surface area contributed by atoms with Gasteiger partial charge in [0, 0.05) is 24.8 Å². The lowest BCUT2D eigenvalue weighted by atomic mass is 10.0. The Bertz CT molecular complexity index is 336. The Labute approximate surface area is 112 Å². The molecule has 1 unspecified atom stereocenters. The monoisotopic (exact) mass is 248 g/mol. The summed E-state index contributed by atoms with van der Waals surface area (Å²) >= 11 is 0. The number of hydrogen-bond acceptors (Lipinski definition) is 2. The van der Waals surface area contributed by atoms with E-state index in [2.05, 4.69) is 62.2 Å². The molecule has 0 heterocycles. The van der Waals surface area contributed by atoms with Crippen LogP contribution in [0.15, 0.2) is 24.3 Å². The van der Waals surface area contributed by atoms with Crippen LogP contribution in [0.4, 0.5) is 5.69 Å². The van der Waals surface area contributed by atoms with Crippen LogP contribution >= 0.6 is 0 Å². The first-order valence-corrected chi connectivity index (χ1v) is 7.31. The summed E-state index contributed by atoms with van der Waals surface area (Å²) in [5.41, 5.74) is 2.80. The third-order valence-corrected chi connectivity index (χ3v) is 3.42. The average Bonchev–Trinajstić information content (AvgIpc) is 2.40. The van der Waals surface area contributed by atoms with E-state index in [9.17, 15) is 0 Å². The maximum absolute atomic E-state index is 3.51. The predicted octanol–water partition coefficient (Wildman–Crippen LogP) is 3.98. The molecule has 0 bridgehead atoms. The molecular weight excluding hydrogens is 220 g/mol. The summed E-state index contributed by atoms with van der Waals surface area (Å²) in [4.78, 5) is 2.49. The van der Waals surface area contributed by atoms with Gasteiger partial charge in [-0.1, -0.05) is 38.5 Å². The van der Waals surface area contributed by atoms with Gasteiger partial charge in [0.1, 0.15) is 0 Å². The van der Waals surface area contributed by atoms with Crippen molar-refractivity contribution in [2.24, 2.45) is 0 Å². The van der Waals surface area contributed by atoms with E-state index in [0.717, 1.165) is 19.6 Å². The third-order valence-electron chi connectivity index (χ3n) is 3.42. The van der Waals surface area contributed by atoms with E-state index < -0.39 is 0 Å². The SMILES string of the molecule is CCCCN(CC)c1ccccc1C(C)NCC. The molecule has 0 amide bonds. The van der Waals surface area contributed by atoms with Crippen molar-refractivity contribution in [3.05, 3.63) is 29.8 Å². The quantitative estimate of drug-likeness (QED) is 0.748. The standard InChI is InChI=1S/C16H28N2/c1-5-8-13-18(7-3)16-12-10-9-11-15(16)14(4)17-6-2/h9-12,14,17H,5-8,13H2,1-4H3. The molecule has 0 aliphatic carbocycles. The number of hydrogen-bond donors (Lipinski definition) is 1. The van der Waals surface area contributed by atoms with Crippen molar-refractivity contribution >= 4 is 5.69 Å². The highest BCUT2D eigenvalue weighted by atomic mass is 15.1. The maximum atomic E-state index is 3.51. The summed E-state index contributed by atoms with van der Waals surface area (Å²) in [5.74, 6) is 0. The van der Waals surface area contributed by atoms with Crippen molar-refractivity contribution in [3.8, 4) is 0 Å². The first-order chi connectivity index (χ1) is 8.74. The van der Waals surface area contributed by atoms with Gasteiger partial charge in [0.05, 0.1) is 0 Å². The van der Waals surface area contributed by atoms with Gasteiger partial charge in [0.2, 0.25) is 0 Å². The van der Waals surface area contributed by atoms with Crippen molar-refractivity contribution in [2.75, 3.05) is 24.5 Å². The molecule has 18 heavy (non-hydrogen) atoms. The van der Waals surface area contributed by atoms with Crippen LogP contribution in [0, 0.1) is 0 Å². The summed E-state index contributed by atoms with van der Waals surface area (Å²) < 4.78 is 0. The second-order valence-electron chi connectivity index (χ2n) is 4.77. The maximum Gasteiger partial charge on any atom is 0.0414 e. The van der Waals surface area contributed by atoms with Crippen LogP contribution in [0.1, 0.15) is 52.1 Å². The Morgan fingerprint density at radius 2 is 1.89 bits per heavy atom. The molecule has 2 nitrogen and oxygen atoms in total. The highest BCUT2D eigenvalue weighted by Crippen LogP contribution is 2.26. The van der Waals surface area contributed by atoms with E-state index in [-0.39, 0.29) is 0 Å². The molecule has 1 N–H and O–H groups in total. The van der Waals surface area contributed by atoms with Crippen LogP contribution in [-0.2, 0) is 0 Å². The zero-order valence-corrected chi connectivity index (χ0v) is 12.4. The summed E-state index contributed by atoms with van der Waals surface area (Å²) in [5, 5.41) is 3.51. The molecule has 2 heteroatoms.